The molecule has 0 bridgehead atoms. The SMILES string of the molecule is O=Cc1c(C2CC2c2ccccc2)noc1C1CC1. The highest BCUT2D eigenvalue weighted by Gasteiger charge is 2.44. The quantitative estimate of drug-likeness (QED) is 0.781. The van der Waals surface area contributed by atoms with Crippen LogP contribution in [0.4, 0.5) is 0 Å². The summed E-state index contributed by atoms with van der Waals surface area (Å²) in [6.45, 7) is 0. The fraction of sp³-hybridized carbons (Fsp3) is 0.375. The van der Waals surface area contributed by atoms with Gasteiger partial charge in [-0.15, -0.1) is 0 Å². The van der Waals surface area contributed by atoms with Crippen molar-refractivity contribution in [1.82, 2.24) is 5.16 Å². The third-order valence-corrected chi connectivity index (χ3v) is 4.22. The van der Waals surface area contributed by atoms with Crippen LogP contribution in [0.3, 0.4) is 0 Å². The number of aromatic nitrogens is 1. The summed E-state index contributed by atoms with van der Waals surface area (Å²) >= 11 is 0. The minimum Gasteiger partial charge on any atom is -0.360 e. The standard InChI is InChI=1S/C16H15NO2/c18-9-14-15(17-19-16(14)11-6-7-11)13-8-12(13)10-4-2-1-3-5-10/h1-5,9,11-13H,6-8H2. The predicted molar refractivity (Wildman–Crippen MR) is 70.4 cm³/mol. The van der Waals surface area contributed by atoms with Crippen molar-refractivity contribution in [3.8, 4) is 0 Å². The molecular formula is C16H15NO2. The Bertz CT molecular complexity index is 613. The summed E-state index contributed by atoms with van der Waals surface area (Å²) in [6, 6.07) is 10.4. The average molecular weight is 253 g/mol. The zero-order valence-corrected chi connectivity index (χ0v) is 10.6. The van der Waals surface area contributed by atoms with Gasteiger partial charge in [-0.25, -0.2) is 0 Å². The van der Waals surface area contributed by atoms with Crippen LogP contribution in [0.2, 0.25) is 0 Å². The lowest BCUT2D eigenvalue weighted by molar-refractivity contribution is 0.112. The molecule has 2 atom stereocenters. The number of carbonyl (C=O) groups excluding carboxylic acids is 1. The van der Waals surface area contributed by atoms with Gasteiger partial charge >= 0.3 is 0 Å². The first-order chi connectivity index (χ1) is 9.38. The second kappa shape index (κ2) is 4.05. The topological polar surface area (TPSA) is 43.1 Å². The van der Waals surface area contributed by atoms with E-state index in [4.69, 9.17) is 4.52 Å². The highest BCUT2D eigenvalue weighted by molar-refractivity contribution is 5.79. The molecule has 1 aromatic heterocycles. The molecule has 4 rings (SSSR count). The molecule has 2 saturated carbocycles. The largest absolute Gasteiger partial charge is 0.360 e. The Morgan fingerprint density at radius 3 is 2.63 bits per heavy atom. The van der Waals surface area contributed by atoms with Gasteiger partial charge in [0.05, 0.1) is 11.3 Å². The van der Waals surface area contributed by atoms with Crippen LogP contribution >= 0.6 is 0 Å². The van der Waals surface area contributed by atoms with Gasteiger partial charge in [-0.05, 0) is 30.7 Å². The number of hydrogen-bond acceptors (Lipinski definition) is 3. The first kappa shape index (κ1) is 11.0. The minimum atomic E-state index is 0.360. The molecule has 1 aromatic carbocycles. The van der Waals surface area contributed by atoms with E-state index in [0.717, 1.165) is 42.6 Å². The van der Waals surface area contributed by atoms with Gasteiger partial charge in [0.1, 0.15) is 0 Å². The van der Waals surface area contributed by atoms with E-state index in [-0.39, 0.29) is 0 Å². The lowest BCUT2D eigenvalue weighted by Gasteiger charge is -1.98. The Labute approximate surface area is 111 Å². The molecule has 3 heteroatoms. The fourth-order valence-corrected chi connectivity index (χ4v) is 2.91. The van der Waals surface area contributed by atoms with E-state index in [9.17, 15) is 4.79 Å². The molecule has 0 saturated heterocycles. The molecule has 2 fully saturated rings. The minimum absolute atomic E-state index is 0.360. The van der Waals surface area contributed by atoms with Gasteiger partial charge in [0, 0.05) is 11.8 Å². The Morgan fingerprint density at radius 2 is 1.95 bits per heavy atom. The van der Waals surface area contributed by atoms with Crippen molar-refractivity contribution < 1.29 is 9.32 Å². The summed E-state index contributed by atoms with van der Waals surface area (Å²) in [5.41, 5.74) is 2.94. The first-order valence-corrected chi connectivity index (χ1v) is 6.88. The predicted octanol–water partition coefficient (Wildman–Crippen LogP) is 3.64. The van der Waals surface area contributed by atoms with Crippen molar-refractivity contribution in [2.75, 3.05) is 0 Å². The number of benzene rings is 1. The van der Waals surface area contributed by atoms with Crippen LogP contribution in [0.25, 0.3) is 0 Å². The molecule has 0 spiro atoms. The number of aldehydes is 1. The van der Waals surface area contributed by atoms with Crippen LogP contribution in [-0.4, -0.2) is 11.4 Å². The highest BCUT2D eigenvalue weighted by Crippen LogP contribution is 2.56. The number of carbonyl (C=O) groups is 1. The lowest BCUT2D eigenvalue weighted by atomic mass is 10.0. The molecular weight excluding hydrogens is 238 g/mol. The average Bonchev–Trinajstić information content (AvgIpc) is 3.38. The van der Waals surface area contributed by atoms with Gasteiger partial charge in [-0.3, -0.25) is 4.79 Å². The molecule has 3 nitrogen and oxygen atoms in total. The molecule has 0 radical (unpaired) electrons. The summed E-state index contributed by atoms with van der Waals surface area (Å²) in [5, 5.41) is 4.18. The number of rotatable bonds is 4. The van der Waals surface area contributed by atoms with E-state index < -0.39 is 0 Å². The van der Waals surface area contributed by atoms with Crippen LogP contribution in [0.15, 0.2) is 34.9 Å². The van der Waals surface area contributed by atoms with E-state index in [2.05, 4.69) is 29.4 Å². The molecule has 0 N–H and O–H groups in total. The molecule has 0 amide bonds. The van der Waals surface area contributed by atoms with Crippen molar-refractivity contribution >= 4 is 6.29 Å². The summed E-state index contributed by atoms with van der Waals surface area (Å²) in [5.74, 6) is 2.12. The van der Waals surface area contributed by atoms with Gasteiger partial charge in [0.2, 0.25) is 0 Å². The van der Waals surface area contributed by atoms with Crippen molar-refractivity contribution in [1.29, 1.82) is 0 Å². The Balaban J connectivity index is 1.63. The van der Waals surface area contributed by atoms with E-state index in [0.29, 0.717) is 17.8 Å². The molecule has 0 aliphatic heterocycles. The summed E-state index contributed by atoms with van der Waals surface area (Å²) in [4.78, 5) is 11.3. The van der Waals surface area contributed by atoms with E-state index >= 15 is 0 Å². The first-order valence-electron chi connectivity index (χ1n) is 6.88. The second-order valence-corrected chi connectivity index (χ2v) is 5.60. The van der Waals surface area contributed by atoms with E-state index in [1.165, 1.54) is 5.56 Å². The zero-order chi connectivity index (χ0) is 12.8. The molecule has 2 aliphatic rings. The van der Waals surface area contributed by atoms with Crippen molar-refractivity contribution in [3.05, 3.63) is 52.9 Å². The summed E-state index contributed by atoms with van der Waals surface area (Å²) in [7, 11) is 0. The Kier molecular flexibility index (Phi) is 2.34. The van der Waals surface area contributed by atoms with Gasteiger partial charge in [0.25, 0.3) is 0 Å². The lowest BCUT2D eigenvalue weighted by Crippen LogP contribution is -1.92. The molecule has 2 unspecified atom stereocenters. The number of nitrogens with zero attached hydrogens (tertiary/aromatic N) is 1. The third kappa shape index (κ3) is 1.81. The zero-order valence-electron chi connectivity index (χ0n) is 10.6. The van der Waals surface area contributed by atoms with Crippen molar-refractivity contribution in [2.45, 2.75) is 37.0 Å². The third-order valence-electron chi connectivity index (χ3n) is 4.22. The van der Waals surface area contributed by atoms with Gasteiger partial charge in [-0.2, -0.15) is 0 Å². The van der Waals surface area contributed by atoms with Crippen LogP contribution in [-0.2, 0) is 0 Å². The molecule has 96 valence electrons. The molecule has 2 aromatic rings. The number of hydrogen-bond donors (Lipinski definition) is 0. The second-order valence-electron chi connectivity index (χ2n) is 5.60. The Morgan fingerprint density at radius 1 is 1.16 bits per heavy atom. The van der Waals surface area contributed by atoms with Crippen LogP contribution in [0.5, 0.6) is 0 Å². The molecule has 1 heterocycles. The fourth-order valence-electron chi connectivity index (χ4n) is 2.91. The smallest absolute Gasteiger partial charge is 0.155 e. The summed E-state index contributed by atoms with van der Waals surface area (Å²) < 4.78 is 5.41. The monoisotopic (exact) mass is 253 g/mol. The molecule has 19 heavy (non-hydrogen) atoms. The van der Waals surface area contributed by atoms with Crippen LogP contribution < -0.4 is 0 Å². The maximum absolute atomic E-state index is 11.3. The highest BCUT2D eigenvalue weighted by atomic mass is 16.5. The van der Waals surface area contributed by atoms with Gasteiger partial charge < -0.3 is 4.52 Å². The molecule has 2 aliphatic carbocycles. The Hall–Kier alpha value is -1.90. The van der Waals surface area contributed by atoms with Gasteiger partial charge in [0.15, 0.2) is 12.0 Å². The summed E-state index contributed by atoms with van der Waals surface area (Å²) in [6.07, 6.45) is 4.26. The van der Waals surface area contributed by atoms with Crippen molar-refractivity contribution in [2.24, 2.45) is 0 Å². The van der Waals surface area contributed by atoms with Crippen LogP contribution in [0, 0.1) is 0 Å². The van der Waals surface area contributed by atoms with Crippen LogP contribution in [0.1, 0.15) is 64.4 Å². The maximum atomic E-state index is 11.3. The maximum Gasteiger partial charge on any atom is 0.155 e. The normalized spacial score (nSPS) is 25.3. The van der Waals surface area contributed by atoms with Gasteiger partial charge in [-0.1, -0.05) is 35.5 Å². The van der Waals surface area contributed by atoms with E-state index in [1.807, 2.05) is 6.07 Å². The van der Waals surface area contributed by atoms with E-state index in [1.54, 1.807) is 0 Å². The van der Waals surface area contributed by atoms with Crippen molar-refractivity contribution in [3.63, 3.8) is 0 Å².